The van der Waals surface area contributed by atoms with Gasteiger partial charge in [-0.3, -0.25) is 19.0 Å². The quantitative estimate of drug-likeness (QED) is 0.406. The van der Waals surface area contributed by atoms with Gasteiger partial charge in [0.05, 0.1) is 16.2 Å². The molecule has 3 rings (SSSR count). The lowest BCUT2D eigenvalue weighted by Gasteiger charge is -2.17. The van der Waals surface area contributed by atoms with E-state index in [4.69, 9.17) is 10.7 Å². The van der Waals surface area contributed by atoms with Crippen molar-refractivity contribution < 1.29 is 9.59 Å². The third-order valence-electron chi connectivity index (χ3n) is 4.62. The van der Waals surface area contributed by atoms with Crippen molar-refractivity contribution in [2.75, 3.05) is 5.32 Å². The third kappa shape index (κ3) is 4.45. The average molecular weight is 465 g/mol. The van der Waals surface area contributed by atoms with Gasteiger partial charge in [-0.2, -0.15) is 0 Å². The number of anilines is 1. The molecule has 0 fully saturated rings. The van der Waals surface area contributed by atoms with E-state index in [9.17, 15) is 14.4 Å². The molecule has 10 heteroatoms. The molecule has 0 aliphatic carbocycles. The first-order valence-electron chi connectivity index (χ1n) is 9.45. The van der Waals surface area contributed by atoms with Crippen molar-refractivity contribution >= 4 is 61.5 Å². The predicted octanol–water partition coefficient (Wildman–Crippen LogP) is 4.01. The molecule has 0 aliphatic rings. The number of nitrogens with two attached hydrogens (primary N) is 1. The van der Waals surface area contributed by atoms with E-state index in [0.717, 1.165) is 10.4 Å². The van der Waals surface area contributed by atoms with E-state index in [1.165, 1.54) is 34.4 Å². The third-order valence-corrected chi connectivity index (χ3v) is 7.64. The number of aryl methyl sites for hydroxylation is 2. The first kappa shape index (κ1) is 22.5. The van der Waals surface area contributed by atoms with Crippen LogP contribution in [0.5, 0.6) is 0 Å². The predicted molar refractivity (Wildman–Crippen MR) is 125 cm³/mol. The number of amides is 2. The molecule has 160 valence electrons. The van der Waals surface area contributed by atoms with Crippen molar-refractivity contribution in [3.05, 3.63) is 37.8 Å². The largest absolute Gasteiger partial charge is 0.366 e. The average Bonchev–Trinajstić information content (AvgIpc) is 3.22. The number of nitrogens with zero attached hydrogens (tertiary/aromatic N) is 2. The second-order valence-corrected chi connectivity index (χ2v) is 10.9. The summed E-state index contributed by atoms with van der Waals surface area (Å²) in [5.41, 5.74) is 6.52. The molecule has 0 radical (unpaired) electrons. The Labute approximate surface area is 186 Å². The van der Waals surface area contributed by atoms with E-state index < -0.39 is 11.2 Å². The van der Waals surface area contributed by atoms with Gasteiger partial charge >= 0.3 is 0 Å². The van der Waals surface area contributed by atoms with Gasteiger partial charge in [-0.25, -0.2) is 4.98 Å². The molecule has 3 aromatic rings. The summed E-state index contributed by atoms with van der Waals surface area (Å²) in [7, 11) is 0. The topological polar surface area (TPSA) is 107 Å². The minimum Gasteiger partial charge on any atom is -0.366 e. The normalized spacial score (nSPS) is 12.5. The van der Waals surface area contributed by atoms with Gasteiger partial charge in [-0.1, -0.05) is 25.6 Å². The first-order valence-corrected chi connectivity index (χ1v) is 12.0. The number of thioether (sulfide) groups is 1. The summed E-state index contributed by atoms with van der Waals surface area (Å²) in [6, 6.07) is 1.58. The Morgan fingerprint density at radius 2 is 2.00 bits per heavy atom. The van der Waals surface area contributed by atoms with Gasteiger partial charge in [0.1, 0.15) is 9.83 Å². The Balaban J connectivity index is 1.93. The van der Waals surface area contributed by atoms with Gasteiger partial charge in [0, 0.05) is 11.4 Å². The van der Waals surface area contributed by atoms with Crippen molar-refractivity contribution in [3.63, 3.8) is 0 Å². The molecular weight excluding hydrogens is 440 g/mol. The fraction of sp³-hybridized carbons (Fsp3) is 0.400. The van der Waals surface area contributed by atoms with Gasteiger partial charge < -0.3 is 11.1 Å². The number of fused-ring (bicyclic) bond motifs is 1. The van der Waals surface area contributed by atoms with Crippen molar-refractivity contribution in [1.82, 2.24) is 9.55 Å². The second kappa shape index (κ2) is 8.91. The highest BCUT2D eigenvalue weighted by Crippen LogP contribution is 2.31. The van der Waals surface area contributed by atoms with Gasteiger partial charge in [-0.15, -0.1) is 22.7 Å². The number of rotatable bonds is 7. The Bertz CT molecular complexity index is 1180. The summed E-state index contributed by atoms with van der Waals surface area (Å²) in [5, 5.41) is 5.53. The van der Waals surface area contributed by atoms with Gasteiger partial charge in [-0.05, 0) is 43.7 Å². The van der Waals surface area contributed by atoms with Crippen LogP contribution in [0.15, 0.2) is 21.4 Å². The summed E-state index contributed by atoms with van der Waals surface area (Å²) < 4.78 is 1.67. The zero-order chi connectivity index (χ0) is 22.2. The van der Waals surface area contributed by atoms with Crippen LogP contribution in [0.4, 0.5) is 5.00 Å². The number of primary amides is 1. The monoisotopic (exact) mass is 464 g/mol. The van der Waals surface area contributed by atoms with Crippen LogP contribution in [0.2, 0.25) is 0 Å². The van der Waals surface area contributed by atoms with E-state index in [1.807, 2.05) is 27.7 Å². The molecule has 3 heterocycles. The number of hydrogen-bond donors (Lipinski definition) is 2. The molecule has 3 N–H and O–H groups in total. The highest BCUT2D eigenvalue weighted by Gasteiger charge is 2.23. The molecule has 1 atom stereocenters. The van der Waals surface area contributed by atoms with Crippen molar-refractivity contribution in [3.8, 4) is 0 Å². The van der Waals surface area contributed by atoms with Crippen LogP contribution in [-0.4, -0.2) is 26.6 Å². The fourth-order valence-electron chi connectivity index (χ4n) is 2.95. The van der Waals surface area contributed by atoms with Crippen molar-refractivity contribution in [2.45, 2.75) is 51.6 Å². The van der Waals surface area contributed by atoms with E-state index >= 15 is 0 Å². The first-order chi connectivity index (χ1) is 14.1. The number of carbonyl (C=O) groups is 2. The summed E-state index contributed by atoms with van der Waals surface area (Å²) in [6.07, 6.45) is 0. The smallest absolute Gasteiger partial charge is 0.263 e. The zero-order valence-electron chi connectivity index (χ0n) is 17.4. The molecule has 7 nitrogen and oxygen atoms in total. The van der Waals surface area contributed by atoms with Crippen LogP contribution in [0.1, 0.15) is 41.6 Å². The highest BCUT2D eigenvalue weighted by molar-refractivity contribution is 8.00. The number of nitrogens with one attached hydrogen (secondary N) is 1. The molecule has 0 saturated heterocycles. The highest BCUT2D eigenvalue weighted by atomic mass is 32.2. The van der Waals surface area contributed by atoms with E-state index in [1.54, 1.807) is 22.9 Å². The molecule has 0 bridgehead atoms. The maximum absolute atomic E-state index is 13.2. The Hall–Kier alpha value is -2.17. The van der Waals surface area contributed by atoms with Crippen LogP contribution in [0, 0.1) is 19.8 Å². The Kier molecular flexibility index (Phi) is 6.68. The van der Waals surface area contributed by atoms with E-state index in [2.05, 4.69) is 5.32 Å². The molecule has 30 heavy (non-hydrogen) atoms. The van der Waals surface area contributed by atoms with Crippen LogP contribution < -0.4 is 16.6 Å². The second-order valence-electron chi connectivity index (χ2n) is 7.44. The number of hydrogen-bond acceptors (Lipinski definition) is 7. The van der Waals surface area contributed by atoms with E-state index in [-0.39, 0.29) is 22.9 Å². The lowest BCUT2D eigenvalue weighted by Crippen LogP contribution is -2.28. The molecule has 0 aliphatic heterocycles. The lowest BCUT2D eigenvalue weighted by atomic mass is 10.2. The fourth-order valence-corrected chi connectivity index (χ4v) is 5.73. The molecular formula is C20H24N4O3S3. The van der Waals surface area contributed by atoms with Gasteiger partial charge in [0.25, 0.3) is 11.5 Å². The van der Waals surface area contributed by atoms with Crippen LogP contribution in [0.25, 0.3) is 10.2 Å². The summed E-state index contributed by atoms with van der Waals surface area (Å²) in [4.78, 5) is 43.9. The minimum absolute atomic E-state index is 0.0695. The molecule has 0 saturated carbocycles. The van der Waals surface area contributed by atoms with E-state index in [0.29, 0.717) is 26.9 Å². The number of carbonyl (C=O) groups excluding carboxylic acids is 2. The van der Waals surface area contributed by atoms with Crippen molar-refractivity contribution in [2.24, 2.45) is 11.7 Å². The summed E-state index contributed by atoms with van der Waals surface area (Å²) in [6.45, 7) is 10.3. The van der Waals surface area contributed by atoms with Crippen LogP contribution in [-0.2, 0) is 11.3 Å². The van der Waals surface area contributed by atoms with Gasteiger partial charge in [0.2, 0.25) is 5.91 Å². The standard InChI is InChI=1S/C20H24N4O3S3/c1-9(2)8-24-19(27)14-10(3)11(4)29-18(14)23-20(24)30-12(5)16(26)22-17-13(15(21)25)6-7-28-17/h6-7,9,12H,8H2,1-5H3,(H2,21,25)(H,22,26)/t12-/m1/s1. The lowest BCUT2D eigenvalue weighted by molar-refractivity contribution is -0.115. The van der Waals surface area contributed by atoms with Crippen LogP contribution >= 0.6 is 34.4 Å². The van der Waals surface area contributed by atoms with Crippen LogP contribution in [0.3, 0.4) is 0 Å². The minimum atomic E-state index is -0.590. The molecule has 3 aromatic heterocycles. The molecule has 0 spiro atoms. The number of aromatic nitrogens is 2. The molecule has 2 amide bonds. The SMILES string of the molecule is Cc1sc2nc(S[C@H](C)C(=O)Nc3sccc3C(N)=O)n(CC(C)C)c(=O)c2c1C. The molecule has 0 aromatic carbocycles. The maximum atomic E-state index is 13.2. The maximum Gasteiger partial charge on any atom is 0.263 e. The Morgan fingerprint density at radius 1 is 1.30 bits per heavy atom. The zero-order valence-corrected chi connectivity index (χ0v) is 19.9. The molecule has 0 unspecified atom stereocenters. The van der Waals surface area contributed by atoms with Crippen molar-refractivity contribution in [1.29, 1.82) is 0 Å². The summed E-state index contributed by atoms with van der Waals surface area (Å²) in [5.74, 6) is -0.628. The number of thiophene rings is 2. The Morgan fingerprint density at radius 3 is 2.63 bits per heavy atom. The summed E-state index contributed by atoms with van der Waals surface area (Å²) >= 11 is 3.97. The van der Waals surface area contributed by atoms with Gasteiger partial charge in [0.15, 0.2) is 5.16 Å².